The largest absolute Gasteiger partial charge is 0.457 e. The number of hydrogen-bond donors (Lipinski definition) is 2. The van der Waals surface area contributed by atoms with E-state index in [0.717, 1.165) is 51.1 Å². The predicted octanol–water partition coefficient (Wildman–Crippen LogP) is 5.36. The maximum atomic E-state index is 6.02. The molecule has 0 aliphatic carbocycles. The normalized spacial score (nSPS) is 10.5. The molecule has 4 nitrogen and oxygen atoms in total. The fraction of sp³-hybridized carbons (Fsp3) is 0.143. The summed E-state index contributed by atoms with van der Waals surface area (Å²) >= 11 is 0. The van der Waals surface area contributed by atoms with Crippen LogP contribution in [0.25, 0.3) is 0 Å². The Morgan fingerprint density at radius 2 is 1.04 bits per heavy atom. The first-order chi connectivity index (χ1) is 11.9. The lowest BCUT2D eigenvalue weighted by atomic mass is 10.2. The molecular weight excluding hydrogens is 312 g/mol. The summed E-state index contributed by atoms with van der Waals surface area (Å²) in [5.41, 5.74) is 16.0. The molecule has 0 saturated heterocycles. The molecule has 0 aliphatic rings. The van der Waals surface area contributed by atoms with Crippen molar-refractivity contribution in [1.29, 1.82) is 0 Å². The number of benzene rings is 3. The van der Waals surface area contributed by atoms with Gasteiger partial charge >= 0.3 is 0 Å². The highest BCUT2D eigenvalue weighted by Gasteiger charge is 2.07. The number of hydrogen-bond acceptors (Lipinski definition) is 4. The molecule has 0 bridgehead atoms. The van der Waals surface area contributed by atoms with Crippen LogP contribution in [0.3, 0.4) is 0 Å². The molecule has 0 radical (unpaired) electrons. The Kier molecular flexibility index (Phi) is 4.52. The lowest BCUT2D eigenvalue weighted by Crippen LogP contribution is -1.93. The SMILES string of the molecule is Cc1cc(Oc2ccc(N)cc2C)cc(Oc2ccc(N)cc2C)c1. The average molecular weight is 334 g/mol. The van der Waals surface area contributed by atoms with Crippen LogP contribution in [-0.2, 0) is 0 Å². The summed E-state index contributed by atoms with van der Waals surface area (Å²) in [6, 6.07) is 17.0. The number of rotatable bonds is 4. The molecule has 0 aromatic heterocycles. The summed E-state index contributed by atoms with van der Waals surface area (Å²) in [5.74, 6) is 2.98. The van der Waals surface area contributed by atoms with Gasteiger partial charge in [-0.1, -0.05) is 0 Å². The molecule has 0 saturated carbocycles. The van der Waals surface area contributed by atoms with Crippen molar-refractivity contribution in [2.24, 2.45) is 0 Å². The fourth-order valence-electron chi connectivity index (χ4n) is 2.66. The molecule has 3 rings (SSSR count). The summed E-state index contributed by atoms with van der Waals surface area (Å²) in [7, 11) is 0. The van der Waals surface area contributed by atoms with E-state index in [4.69, 9.17) is 20.9 Å². The van der Waals surface area contributed by atoms with Gasteiger partial charge in [0, 0.05) is 17.4 Å². The Hall–Kier alpha value is -3.14. The van der Waals surface area contributed by atoms with Crippen molar-refractivity contribution in [2.45, 2.75) is 20.8 Å². The molecule has 3 aromatic rings. The van der Waals surface area contributed by atoms with Crippen molar-refractivity contribution in [3.63, 3.8) is 0 Å². The van der Waals surface area contributed by atoms with Gasteiger partial charge in [0.15, 0.2) is 0 Å². The molecule has 0 atom stereocenters. The Morgan fingerprint density at radius 3 is 1.44 bits per heavy atom. The Morgan fingerprint density at radius 1 is 0.600 bits per heavy atom. The molecule has 4 heteroatoms. The van der Waals surface area contributed by atoms with Gasteiger partial charge in [0.05, 0.1) is 0 Å². The van der Waals surface area contributed by atoms with E-state index in [0.29, 0.717) is 0 Å². The van der Waals surface area contributed by atoms with Gasteiger partial charge in [0.1, 0.15) is 23.0 Å². The topological polar surface area (TPSA) is 70.5 Å². The summed E-state index contributed by atoms with van der Waals surface area (Å²) in [6.07, 6.45) is 0. The monoisotopic (exact) mass is 334 g/mol. The summed E-state index contributed by atoms with van der Waals surface area (Å²) < 4.78 is 12.0. The zero-order chi connectivity index (χ0) is 18.0. The molecule has 0 heterocycles. The zero-order valence-electron chi connectivity index (χ0n) is 14.7. The molecule has 0 aliphatic heterocycles. The van der Waals surface area contributed by atoms with Gasteiger partial charge in [-0.3, -0.25) is 0 Å². The van der Waals surface area contributed by atoms with Crippen molar-refractivity contribution in [2.75, 3.05) is 11.5 Å². The summed E-state index contributed by atoms with van der Waals surface area (Å²) in [5, 5.41) is 0. The quantitative estimate of drug-likeness (QED) is 0.630. The zero-order valence-corrected chi connectivity index (χ0v) is 14.7. The third kappa shape index (κ3) is 4.04. The molecule has 0 fully saturated rings. The molecule has 3 aromatic carbocycles. The van der Waals surface area contributed by atoms with E-state index in [-0.39, 0.29) is 0 Å². The number of nitrogen functional groups attached to an aromatic ring is 2. The third-order valence-electron chi connectivity index (χ3n) is 3.88. The van der Waals surface area contributed by atoms with E-state index < -0.39 is 0 Å². The van der Waals surface area contributed by atoms with Gasteiger partial charge in [-0.05, 0) is 86.0 Å². The van der Waals surface area contributed by atoms with Crippen molar-refractivity contribution in [3.8, 4) is 23.0 Å². The van der Waals surface area contributed by atoms with Crippen LogP contribution >= 0.6 is 0 Å². The van der Waals surface area contributed by atoms with Crippen LogP contribution in [0.4, 0.5) is 11.4 Å². The fourth-order valence-corrected chi connectivity index (χ4v) is 2.66. The predicted molar refractivity (Wildman–Crippen MR) is 103 cm³/mol. The van der Waals surface area contributed by atoms with Crippen molar-refractivity contribution in [1.82, 2.24) is 0 Å². The van der Waals surface area contributed by atoms with Gasteiger partial charge in [-0.15, -0.1) is 0 Å². The number of nitrogens with two attached hydrogens (primary N) is 2. The first-order valence-corrected chi connectivity index (χ1v) is 8.10. The number of aryl methyl sites for hydroxylation is 3. The molecular formula is C21H22N2O2. The highest BCUT2D eigenvalue weighted by atomic mass is 16.5. The number of anilines is 2. The molecule has 128 valence electrons. The first-order valence-electron chi connectivity index (χ1n) is 8.10. The van der Waals surface area contributed by atoms with Crippen LogP contribution in [-0.4, -0.2) is 0 Å². The minimum atomic E-state index is 0.718. The van der Waals surface area contributed by atoms with Gasteiger partial charge in [0.25, 0.3) is 0 Å². The van der Waals surface area contributed by atoms with Crippen molar-refractivity contribution >= 4 is 11.4 Å². The molecule has 0 amide bonds. The van der Waals surface area contributed by atoms with Crippen LogP contribution < -0.4 is 20.9 Å². The standard InChI is InChI=1S/C21H22N2O2/c1-13-8-18(24-20-6-4-16(22)10-14(20)2)12-19(9-13)25-21-7-5-17(23)11-15(21)3/h4-12H,22-23H2,1-3H3. The molecule has 25 heavy (non-hydrogen) atoms. The molecule has 0 spiro atoms. The molecule has 0 unspecified atom stereocenters. The minimum Gasteiger partial charge on any atom is -0.457 e. The summed E-state index contributed by atoms with van der Waals surface area (Å²) in [6.45, 7) is 5.94. The lowest BCUT2D eigenvalue weighted by Gasteiger charge is -2.13. The van der Waals surface area contributed by atoms with E-state index >= 15 is 0 Å². The second-order valence-electron chi connectivity index (χ2n) is 6.24. The van der Waals surface area contributed by atoms with Crippen molar-refractivity contribution in [3.05, 3.63) is 71.3 Å². The molecule has 4 N–H and O–H groups in total. The minimum absolute atomic E-state index is 0.718. The van der Waals surface area contributed by atoms with Crippen LogP contribution in [0.2, 0.25) is 0 Å². The van der Waals surface area contributed by atoms with Crippen LogP contribution in [0.15, 0.2) is 54.6 Å². The van der Waals surface area contributed by atoms with Crippen LogP contribution in [0.5, 0.6) is 23.0 Å². The first kappa shape index (κ1) is 16.7. The van der Waals surface area contributed by atoms with E-state index in [1.807, 2.05) is 75.4 Å². The Balaban J connectivity index is 1.87. The van der Waals surface area contributed by atoms with Crippen LogP contribution in [0.1, 0.15) is 16.7 Å². The third-order valence-corrected chi connectivity index (χ3v) is 3.88. The Labute approximate surface area is 148 Å². The van der Waals surface area contributed by atoms with Gasteiger partial charge in [-0.25, -0.2) is 0 Å². The Bertz CT molecular complexity index is 848. The smallest absolute Gasteiger partial charge is 0.131 e. The second-order valence-corrected chi connectivity index (χ2v) is 6.24. The van der Waals surface area contributed by atoms with Crippen molar-refractivity contribution < 1.29 is 9.47 Å². The lowest BCUT2D eigenvalue weighted by molar-refractivity contribution is 0.456. The van der Waals surface area contributed by atoms with E-state index in [1.165, 1.54) is 0 Å². The summed E-state index contributed by atoms with van der Waals surface area (Å²) in [4.78, 5) is 0. The maximum absolute atomic E-state index is 6.02. The maximum Gasteiger partial charge on any atom is 0.131 e. The van der Waals surface area contributed by atoms with Crippen LogP contribution in [0, 0.1) is 20.8 Å². The van der Waals surface area contributed by atoms with Gasteiger partial charge in [-0.2, -0.15) is 0 Å². The number of ether oxygens (including phenoxy) is 2. The highest BCUT2D eigenvalue weighted by molar-refractivity contribution is 5.51. The van der Waals surface area contributed by atoms with E-state index in [2.05, 4.69) is 0 Å². The average Bonchev–Trinajstić information content (AvgIpc) is 2.52. The van der Waals surface area contributed by atoms with E-state index in [9.17, 15) is 0 Å². The highest BCUT2D eigenvalue weighted by Crippen LogP contribution is 2.33. The van der Waals surface area contributed by atoms with Gasteiger partial charge in [0.2, 0.25) is 0 Å². The van der Waals surface area contributed by atoms with E-state index in [1.54, 1.807) is 0 Å². The van der Waals surface area contributed by atoms with Gasteiger partial charge < -0.3 is 20.9 Å². The second kappa shape index (κ2) is 6.77.